The zero-order chi connectivity index (χ0) is 49.6. The zero-order valence-corrected chi connectivity index (χ0v) is 41.6. The lowest BCUT2D eigenvalue weighted by Gasteiger charge is -2.42. The minimum absolute atomic E-state index is 0.113. The van der Waals surface area contributed by atoms with E-state index >= 15 is 0 Å². The van der Waals surface area contributed by atoms with E-state index in [0.717, 1.165) is 57.8 Å². The first-order valence-corrected chi connectivity index (χ1v) is 26.2. The number of esters is 2. The van der Waals surface area contributed by atoms with Crippen LogP contribution in [0.3, 0.4) is 0 Å². The van der Waals surface area contributed by atoms with Crippen molar-refractivity contribution in [3.05, 3.63) is 48.6 Å². The van der Waals surface area contributed by atoms with Gasteiger partial charge in [-0.15, -0.1) is 0 Å². The van der Waals surface area contributed by atoms with Gasteiger partial charge in [0.1, 0.15) is 55.4 Å². The van der Waals surface area contributed by atoms with Crippen LogP contribution in [0.15, 0.2) is 48.6 Å². The quantitative estimate of drug-likeness (QED) is 0.0179. The SMILES string of the molecule is CC/C=C\C/C=C\C/C=C\C/C=C\CCCCC(=O)OC(COC(=O)CCCCCCCCCCCCCCCCCCC)COC1OC(COC2OC(CO)C(O)C(O)C2O)C(O)C(O)C1O. The first kappa shape index (κ1) is 61.6. The highest BCUT2D eigenvalue weighted by molar-refractivity contribution is 5.70. The number of carbonyl (C=O) groups excluding carboxylic acids is 2. The van der Waals surface area contributed by atoms with E-state index in [2.05, 4.69) is 62.5 Å². The molecular formula is C53H92O15. The van der Waals surface area contributed by atoms with Gasteiger partial charge in [-0.2, -0.15) is 0 Å². The molecule has 0 aromatic heterocycles. The summed E-state index contributed by atoms with van der Waals surface area (Å²) in [5.41, 5.74) is 0. The molecule has 0 amide bonds. The number of hydrogen-bond donors (Lipinski definition) is 7. The van der Waals surface area contributed by atoms with E-state index in [1.165, 1.54) is 83.5 Å². The summed E-state index contributed by atoms with van der Waals surface area (Å²) in [5.74, 6) is -0.970. The van der Waals surface area contributed by atoms with Crippen LogP contribution in [0.5, 0.6) is 0 Å². The fraction of sp³-hybridized carbons (Fsp3) is 0.811. The van der Waals surface area contributed by atoms with Crippen molar-refractivity contribution < 1.29 is 73.8 Å². The molecule has 2 aliphatic heterocycles. The molecule has 2 saturated heterocycles. The zero-order valence-electron chi connectivity index (χ0n) is 41.6. The van der Waals surface area contributed by atoms with E-state index < -0.39 is 99.3 Å². The normalized spacial score (nSPS) is 26.1. The molecule has 2 rings (SSSR count). The molecule has 0 bridgehead atoms. The molecular weight excluding hydrogens is 877 g/mol. The molecule has 0 radical (unpaired) electrons. The third kappa shape index (κ3) is 27.7. The van der Waals surface area contributed by atoms with Crippen molar-refractivity contribution in [2.45, 2.75) is 248 Å². The van der Waals surface area contributed by atoms with Gasteiger partial charge in [-0.25, -0.2) is 0 Å². The Kier molecular flexibility index (Phi) is 36.3. The van der Waals surface area contributed by atoms with Crippen LogP contribution in [-0.4, -0.2) is 142 Å². The van der Waals surface area contributed by atoms with Gasteiger partial charge in [-0.3, -0.25) is 9.59 Å². The van der Waals surface area contributed by atoms with E-state index in [4.69, 9.17) is 28.4 Å². The highest BCUT2D eigenvalue weighted by Crippen LogP contribution is 2.26. The first-order chi connectivity index (χ1) is 33.0. The molecule has 2 heterocycles. The molecule has 2 aliphatic rings. The van der Waals surface area contributed by atoms with Crippen LogP contribution in [0, 0.1) is 0 Å². The standard InChI is InChI=1S/C53H92O15/c1-3-5-7-9-11-13-15-17-19-20-22-23-25-27-29-31-33-35-44(55)63-38-41(66-45(56)36-34-32-30-28-26-24-21-18-16-14-12-10-8-6-4-2)39-64-52-51(62)49(60)47(58)43(68-52)40-65-53-50(61)48(59)46(57)42(37-54)67-53/h6,8,12,14,18,21,26,28,41-43,46-54,57-62H,3-5,7,9-11,13,15-17,19-20,22-25,27,29-40H2,1-2H3/b8-6-,14-12-,21-18-,28-26-. The first-order valence-electron chi connectivity index (χ1n) is 26.2. The summed E-state index contributed by atoms with van der Waals surface area (Å²) >= 11 is 0. The number of allylic oxidation sites excluding steroid dienone is 8. The minimum atomic E-state index is -1.77. The molecule has 68 heavy (non-hydrogen) atoms. The average Bonchev–Trinajstić information content (AvgIpc) is 3.33. The van der Waals surface area contributed by atoms with E-state index in [1.54, 1.807) is 0 Å². The second kappa shape index (κ2) is 40.1. The highest BCUT2D eigenvalue weighted by Gasteiger charge is 2.47. The van der Waals surface area contributed by atoms with Crippen LogP contribution in [-0.2, 0) is 38.0 Å². The molecule has 15 heteroatoms. The van der Waals surface area contributed by atoms with Gasteiger partial charge in [0, 0.05) is 12.8 Å². The molecule has 11 atom stereocenters. The van der Waals surface area contributed by atoms with Gasteiger partial charge in [0.15, 0.2) is 18.7 Å². The number of unbranched alkanes of at least 4 members (excludes halogenated alkanes) is 18. The lowest BCUT2D eigenvalue weighted by Crippen LogP contribution is -2.61. The molecule has 0 aliphatic carbocycles. The van der Waals surface area contributed by atoms with Gasteiger partial charge in [0.2, 0.25) is 0 Å². The Morgan fingerprint density at radius 2 is 0.926 bits per heavy atom. The van der Waals surface area contributed by atoms with E-state index in [9.17, 15) is 45.3 Å². The van der Waals surface area contributed by atoms with Gasteiger partial charge in [-0.05, 0) is 51.4 Å². The molecule has 0 spiro atoms. The van der Waals surface area contributed by atoms with Gasteiger partial charge in [-0.1, -0.05) is 165 Å². The molecule has 394 valence electrons. The van der Waals surface area contributed by atoms with Crippen LogP contribution in [0.2, 0.25) is 0 Å². The van der Waals surface area contributed by atoms with Gasteiger partial charge in [0.25, 0.3) is 0 Å². The summed E-state index contributed by atoms with van der Waals surface area (Å²) in [6, 6.07) is 0. The van der Waals surface area contributed by atoms with E-state index in [0.29, 0.717) is 12.8 Å². The number of hydrogen-bond acceptors (Lipinski definition) is 15. The second-order valence-corrected chi connectivity index (χ2v) is 18.3. The van der Waals surface area contributed by atoms with Crippen LogP contribution in [0.4, 0.5) is 0 Å². The lowest BCUT2D eigenvalue weighted by molar-refractivity contribution is -0.332. The van der Waals surface area contributed by atoms with Crippen molar-refractivity contribution in [1.29, 1.82) is 0 Å². The predicted octanol–water partition coefficient (Wildman–Crippen LogP) is 7.49. The monoisotopic (exact) mass is 969 g/mol. The van der Waals surface area contributed by atoms with Crippen molar-refractivity contribution in [2.75, 3.05) is 26.4 Å². The van der Waals surface area contributed by atoms with E-state index in [-0.39, 0.29) is 19.4 Å². The average molecular weight is 969 g/mol. The van der Waals surface area contributed by atoms with Crippen molar-refractivity contribution in [3.63, 3.8) is 0 Å². The minimum Gasteiger partial charge on any atom is -0.462 e. The smallest absolute Gasteiger partial charge is 0.306 e. The van der Waals surface area contributed by atoms with Crippen LogP contribution in [0.25, 0.3) is 0 Å². The predicted molar refractivity (Wildman–Crippen MR) is 261 cm³/mol. The maximum absolute atomic E-state index is 13.0. The largest absolute Gasteiger partial charge is 0.462 e. The third-order valence-corrected chi connectivity index (χ3v) is 12.3. The number of ether oxygens (including phenoxy) is 6. The van der Waals surface area contributed by atoms with E-state index in [1.807, 2.05) is 0 Å². The number of aliphatic hydroxyl groups excluding tert-OH is 7. The van der Waals surface area contributed by atoms with Crippen molar-refractivity contribution in [2.24, 2.45) is 0 Å². The molecule has 0 aromatic carbocycles. The maximum Gasteiger partial charge on any atom is 0.306 e. The van der Waals surface area contributed by atoms with Crippen molar-refractivity contribution >= 4 is 11.9 Å². The summed E-state index contributed by atoms with van der Waals surface area (Å²) in [5, 5.41) is 72.1. The summed E-state index contributed by atoms with van der Waals surface area (Å²) < 4.78 is 33.5. The molecule has 15 nitrogen and oxygen atoms in total. The number of rotatable bonds is 40. The Bertz CT molecular complexity index is 1370. The fourth-order valence-electron chi connectivity index (χ4n) is 8.03. The van der Waals surface area contributed by atoms with Crippen molar-refractivity contribution in [3.8, 4) is 0 Å². The Labute approximate surface area is 408 Å². The van der Waals surface area contributed by atoms with Crippen molar-refractivity contribution in [1.82, 2.24) is 0 Å². The second-order valence-electron chi connectivity index (χ2n) is 18.3. The Morgan fingerprint density at radius 1 is 0.485 bits per heavy atom. The molecule has 0 aromatic rings. The van der Waals surface area contributed by atoms with Gasteiger partial charge >= 0.3 is 11.9 Å². The number of carbonyl (C=O) groups is 2. The topological polar surface area (TPSA) is 231 Å². The summed E-state index contributed by atoms with van der Waals surface area (Å²) in [6.45, 7) is 2.44. The van der Waals surface area contributed by atoms with Crippen LogP contribution >= 0.6 is 0 Å². The fourth-order valence-corrected chi connectivity index (χ4v) is 8.03. The highest BCUT2D eigenvalue weighted by atomic mass is 16.7. The summed E-state index contributed by atoms with van der Waals surface area (Å²) in [4.78, 5) is 25.8. The Morgan fingerprint density at radius 3 is 1.46 bits per heavy atom. The Hall–Kier alpha value is -2.54. The van der Waals surface area contributed by atoms with Gasteiger partial charge < -0.3 is 64.2 Å². The van der Waals surface area contributed by atoms with Gasteiger partial charge in [0.05, 0.1) is 19.8 Å². The Balaban J connectivity index is 1.81. The maximum atomic E-state index is 13.0. The molecule has 2 fully saturated rings. The third-order valence-electron chi connectivity index (χ3n) is 12.3. The van der Waals surface area contributed by atoms with Crippen LogP contribution in [0.1, 0.15) is 181 Å². The molecule has 0 saturated carbocycles. The molecule has 11 unspecified atom stereocenters. The lowest BCUT2D eigenvalue weighted by atomic mass is 9.98. The van der Waals surface area contributed by atoms with Crippen LogP contribution < -0.4 is 0 Å². The molecule has 7 N–H and O–H groups in total. The summed E-state index contributed by atoms with van der Waals surface area (Å²) in [7, 11) is 0. The summed E-state index contributed by atoms with van der Waals surface area (Å²) in [6.07, 6.45) is 27.1. The number of aliphatic hydroxyl groups is 7.